The lowest BCUT2D eigenvalue weighted by Gasteiger charge is -2.41. The van der Waals surface area contributed by atoms with Crippen LogP contribution in [0.15, 0.2) is 72.9 Å². The van der Waals surface area contributed by atoms with Crippen LogP contribution < -0.4 is 27.4 Å². The van der Waals surface area contributed by atoms with Gasteiger partial charge in [0.2, 0.25) is 35.4 Å². The van der Waals surface area contributed by atoms with Gasteiger partial charge in [-0.2, -0.15) is 0 Å². The van der Waals surface area contributed by atoms with Gasteiger partial charge in [-0.25, -0.2) is 8.78 Å². The molecule has 21 heteroatoms. The molecule has 0 radical (unpaired) electrons. The molecule has 1 aliphatic heterocycles. The number of ketones is 2. The predicted octanol–water partition coefficient (Wildman–Crippen LogP) is 1.49. The zero-order valence-electron chi connectivity index (χ0n) is 38.8. The number of aliphatic hydroxyl groups is 1. The molecule has 4 rings (SSSR count). The molecule has 0 unspecified atom stereocenters. The number of primary amides is 2. The summed E-state index contributed by atoms with van der Waals surface area (Å²) in [7, 11) is 0. The number of aromatic nitrogens is 1. The summed E-state index contributed by atoms with van der Waals surface area (Å²) < 4.78 is 31.6. The number of Topliss-reactive ketones (excluding diaryl/α,β-unsaturated/α-hetero) is 2. The molecular formula is C48H58F2N8O11. The van der Waals surface area contributed by atoms with E-state index in [1.807, 2.05) is 30.3 Å². The first kappa shape index (κ1) is 54.2. The maximum Gasteiger partial charge on any atom is 0.254 e. The van der Waals surface area contributed by atoms with Crippen LogP contribution in [0.25, 0.3) is 11.1 Å². The second kappa shape index (κ2) is 24.6. The van der Waals surface area contributed by atoms with Crippen molar-refractivity contribution in [2.75, 3.05) is 26.2 Å². The Balaban J connectivity index is 1.71. The van der Waals surface area contributed by atoms with Crippen LogP contribution in [0, 0.1) is 23.0 Å². The Kier molecular flexibility index (Phi) is 19.3. The van der Waals surface area contributed by atoms with Crippen molar-refractivity contribution in [1.29, 1.82) is 0 Å². The van der Waals surface area contributed by atoms with Crippen molar-refractivity contribution in [3.8, 4) is 11.1 Å². The quantitative estimate of drug-likeness (QED) is 0.0495. The third-order valence-corrected chi connectivity index (χ3v) is 11.1. The van der Waals surface area contributed by atoms with Gasteiger partial charge in [-0.05, 0) is 55.0 Å². The number of carbonyl (C=O) groups excluding carboxylic acids is 10. The molecule has 0 saturated carbocycles. The Bertz CT molecular complexity index is 2430. The predicted molar refractivity (Wildman–Crippen MR) is 244 cm³/mol. The lowest BCUT2D eigenvalue weighted by molar-refractivity contribution is -0.141. The van der Waals surface area contributed by atoms with E-state index < -0.39 is 139 Å². The van der Waals surface area contributed by atoms with Gasteiger partial charge in [0.15, 0.2) is 5.78 Å². The van der Waals surface area contributed by atoms with E-state index in [2.05, 4.69) is 16.0 Å². The first-order chi connectivity index (χ1) is 32.5. The molecule has 19 nitrogen and oxygen atoms in total. The Hall–Kier alpha value is -7.42. The number of hydrogen-bond donors (Lipinski definition) is 6. The number of nitrogens with two attached hydrogens (primary N) is 2. The normalized spacial score (nSPS) is 14.1. The van der Waals surface area contributed by atoms with E-state index in [1.165, 1.54) is 11.8 Å². The summed E-state index contributed by atoms with van der Waals surface area (Å²) in [6.07, 6.45) is 1.29. The number of amides is 8. The number of hydrogen-bond acceptors (Lipinski definition) is 11. The number of imide groups is 1. The molecule has 0 saturated heterocycles. The largest absolute Gasteiger partial charge is 0.387 e. The SMILES string of the molecule is CC(=O)C[C@H](CC(N)=O)C(=O)N[C@@H](CC(N)=O)C(=O)N[C@@H](CCN(C(=O)CO)[C@@H](c1cc(-c2cc(F)ccc2F)cn1Cc1ccccc1)C(C)(C)C)C(=O)NCCCC(=O)CN1C(=O)C=CC1=O. The van der Waals surface area contributed by atoms with E-state index in [-0.39, 0.29) is 43.6 Å². The van der Waals surface area contributed by atoms with E-state index >= 15 is 4.39 Å². The van der Waals surface area contributed by atoms with Crippen molar-refractivity contribution < 1.29 is 61.8 Å². The molecule has 4 atom stereocenters. The summed E-state index contributed by atoms with van der Waals surface area (Å²) >= 11 is 0. The minimum atomic E-state index is -1.75. The molecule has 8 amide bonds. The molecule has 0 bridgehead atoms. The molecular weight excluding hydrogens is 903 g/mol. The fraction of sp³-hybridized carbons (Fsp3) is 0.417. The van der Waals surface area contributed by atoms with Crippen LogP contribution in [0.2, 0.25) is 0 Å². The number of nitrogens with one attached hydrogen (secondary N) is 3. The van der Waals surface area contributed by atoms with E-state index in [9.17, 15) is 57.4 Å². The van der Waals surface area contributed by atoms with Crippen LogP contribution in [0.5, 0.6) is 0 Å². The van der Waals surface area contributed by atoms with Crippen molar-refractivity contribution in [3.05, 3.63) is 95.8 Å². The minimum Gasteiger partial charge on any atom is -0.387 e. The summed E-state index contributed by atoms with van der Waals surface area (Å²) in [6, 6.07) is 9.44. The van der Waals surface area contributed by atoms with Crippen LogP contribution in [0.1, 0.15) is 83.5 Å². The van der Waals surface area contributed by atoms with Gasteiger partial charge in [0, 0.05) is 74.1 Å². The molecule has 0 aliphatic carbocycles. The topological polar surface area (TPSA) is 290 Å². The molecule has 69 heavy (non-hydrogen) atoms. The standard InChI is InChI=1S/C48H58F2N8O11/c1-28(60)19-30(21-39(51)62)45(67)55-37(23-40(52)63)47(69)54-36(46(68)53-17-8-11-33(61)26-58-41(64)14-15-42(58)65)16-18-57(43(66)27-59)44(48(2,3)4)38-20-31(34-22-32(49)12-13-35(34)50)25-56(38)24-29-9-6-5-7-10-29/h5-7,9-10,12-15,20,22,25,30,36-37,44,59H,8,11,16-19,21,23-24,26-27H2,1-4H3,(H2,51,62)(H2,52,63)(H,53,68)(H,54,69)(H,55,67)/t30-,36+,37+,44+/m1/s1. The van der Waals surface area contributed by atoms with Gasteiger partial charge in [-0.3, -0.25) is 48.1 Å². The average Bonchev–Trinajstić information content (AvgIpc) is 3.82. The Morgan fingerprint density at radius 2 is 1.45 bits per heavy atom. The number of nitrogens with zero attached hydrogens (tertiary/aromatic N) is 3. The fourth-order valence-corrected chi connectivity index (χ4v) is 7.92. The first-order valence-electron chi connectivity index (χ1n) is 22.1. The maximum atomic E-state index is 15.3. The highest BCUT2D eigenvalue weighted by Gasteiger charge is 2.39. The summed E-state index contributed by atoms with van der Waals surface area (Å²) in [5.74, 6) is -10.8. The molecule has 2 aromatic carbocycles. The van der Waals surface area contributed by atoms with Gasteiger partial charge >= 0.3 is 0 Å². The molecule has 370 valence electrons. The zero-order chi connectivity index (χ0) is 51.2. The van der Waals surface area contributed by atoms with E-state index in [0.29, 0.717) is 5.69 Å². The van der Waals surface area contributed by atoms with Crippen molar-refractivity contribution in [3.63, 3.8) is 0 Å². The van der Waals surface area contributed by atoms with Crippen molar-refractivity contribution in [2.24, 2.45) is 22.8 Å². The van der Waals surface area contributed by atoms with Crippen LogP contribution in [-0.2, 0) is 54.5 Å². The van der Waals surface area contributed by atoms with Crippen LogP contribution >= 0.6 is 0 Å². The van der Waals surface area contributed by atoms with Crippen molar-refractivity contribution in [2.45, 2.75) is 90.9 Å². The van der Waals surface area contributed by atoms with Gasteiger partial charge in [-0.15, -0.1) is 0 Å². The fourth-order valence-electron chi connectivity index (χ4n) is 7.92. The summed E-state index contributed by atoms with van der Waals surface area (Å²) in [6.45, 7) is 4.71. The Morgan fingerprint density at radius 1 is 0.812 bits per heavy atom. The van der Waals surface area contributed by atoms with Gasteiger partial charge < -0.3 is 46.8 Å². The molecule has 1 aromatic heterocycles. The van der Waals surface area contributed by atoms with Crippen LogP contribution in [0.3, 0.4) is 0 Å². The Labute approximate surface area is 397 Å². The number of carbonyl (C=O) groups is 10. The Morgan fingerprint density at radius 3 is 2.04 bits per heavy atom. The van der Waals surface area contributed by atoms with Crippen LogP contribution in [0.4, 0.5) is 8.78 Å². The third-order valence-electron chi connectivity index (χ3n) is 11.1. The number of rotatable bonds is 26. The van der Waals surface area contributed by atoms with E-state index in [1.54, 1.807) is 37.6 Å². The number of aliphatic hydroxyl groups excluding tert-OH is 1. The van der Waals surface area contributed by atoms with Gasteiger partial charge in [0.25, 0.3) is 11.8 Å². The molecule has 0 fully saturated rings. The van der Waals surface area contributed by atoms with E-state index in [4.69, 9.17) is 11.5 Å². The second-order valence-corrected chi connectivity index (χ2v) is 17.8. The third kappa shape index (κ3) is 15.8. The minimum absolute atomic E-state index is 0.0144. The van der Waals surface area contributed by atoms with Gasteiger partial charge in [0.05, 0.1) is 24.9 Å². The van der Waals surface area contributed by atoms with Gasteiger partial charge in [-0.1, -0.05) is 51.1 Å². The van der Waals surface area contributed by atoms with Gasteiger partial charge in [0.1, 0.15) is 36.1 Å². The first-order valence-corrected chi connectivity index (χ1v) is 22.1. The van der Waals surface area contributed by atoms with E-state index in [0.717, 1.165) is 40.8 Å². The molecule has 0 spiro atoms. The highest BCUT2D eigenvalue weighted by molar-refractivity contribution is 6.14. The van der Waals surface area contributed by atoms with Crippen LogP contribution in [-0.4, -0.2) is 117 Å². The molecule has 1 aliphatic rings. The summed E-state index contributed by atoms with van der Waals surface area (Å²) in [5.41, 5.74) is 11.3. The van der Waals surface area contributed by atoms with Crippen molar-refractivity contribution >= 4 is 58.8 Å². The average molecular weight is 961 g/mol. The maximum absolute atomic E-state index is 15.3. The highest BCUT2D eigenvalue weighted by Crippen LogP contribution is 2.41. The number of benzene rings is 2. The number of halogens is 2. The smallest absolute Gasteiger partial charge is 0.254 e. The second-order valence-electron chi connectivity index (χ2n) is 17.8. The zero-order valence-corrected chi connectivity index (χ0v) is 38.8. The monoisotopic (exact) mass is 960 g/mol. The lowest BCUT2D eigenvalue weighted by Crippen LogP contribution is -2.56. The summed E-state index contributed by atoms with van der Waals surface area (Å²) in [4.78, 5) is 130. The molecule has 3 aromatic rings. The lowest BCUT2D eigenvalue weighted by atomic mass is 9.82. The highest BCUT2D eigenvalue weighted by atomic mass is 19.1. The van der Waals surface area contributed by atoms with Crippen molar-refractivity contribution in [1.82, 2.24) is 30.3 Å². The molecule has 2 heterocycles. The summed E-state index contributed by atoms with van der Waals surface area (Å²) in [5, 5.41) is 17.8. The molecule has 8 N–H and O–H groups in total.